The molecule has 2 heterocycles. The fraction of sp³-hybridized carbons (Fsp3) is 1.00. The van der Waals surface area contributed by atoms with E-state index in [0.717, 1.165) is 26.1 Å². The van der Waals surface area contributed by atoms with Gasteiger partial charge in [-0.25, -0.2) is 8.42 Å². The summed E-state index contributed by atoms with van der Waals surface area (Å²) in [6, 6.07) is 0.775. The van der Waals surface area contributed by atoms with E-state index in [4.69, 9.17) is 0 Å². The Labute approximate surface area is 85.6 Å². The maximum Gasteiger partial charge on any atom is 0.151 e. The lowest BCUT2D eigenvalue weighted by Gasteiger charge is -2.35. The summed E-state index contributed by atoms with van der Waals surface area (Å²) in [5.74, 6) is 0.760. The molecule has 2 aliphatic rings. The number of sulfone groups is 1. The van der Waals surface area contributed by atoms with E-state index in [0.29, 0.717) is 17.5 Å². The Bertz CT molecular complexity index is 302. The van der Waals surface area contributed by atoms with Gasteiger partial charge in [0.15, 0.2) is 9.84 Å². The van der Waals surface area contributed by atoms with Crippen molar-refractivity contribution >= 4 is 9.84 Å². The van der Waals surface area contributed by atoms with Crippen LogP contribution in [-0.2, 0) is 9.84 Å². The van der Waals surface area contributed by atoms with Crippen LogP contribution in [-0.4, -0.2) is 56.5 Å². The van der Waals surface area contributed by atoms with Crippen LogP contribution in [0.2, 0.25) is 0 Å². The van der Waals surface area contributed by atoms with Gasteiger partial charge < -0.3 is 5.32 Å². The SMILES string of the molecule is C[C@@H]1CN(C2CCS(=O)(=O)C2)CCN1. The molecule has 1 N–H and O–H groups in total. The van der Waals surface area contributed by atoms with Gasteiger partial charge in [-0.3, -0.25) is 4.90 Å². The summed E-state index contributed by atoms with van der Waals surface area (Å²) in [5, 5.41) is 3.37. The van der Waals surface area contributed by atoms with Crippen molar-refractivity contribution in [2.75, 3.05) is 31.1 Å². The van der Waals surface area contributed by atoms with Crippen molar-refractivity contribution in [2.24, 2.45) is 0 Å². The molecular weight excluding hydrogens is 200 g/mol. The van der Waals surface area contributed by atoms with Crippen LogP contribution in [0.15, 0.2) is 0 Å². The maximum absolute atomic E-state index is 11.3. The first-order chi connectivity index (χ1) is 6.57. The largest absolute Gasteiger partial charge is 0.312 e. The molecule has 4 nitrogen and oxygen atoms in total. The van der Waals surface area contributed by atoms with Crippen LogP contribution in [0.5, 0.6) is 0 Å². The molecule has 1 unspecified atom stereocenters. The second-order valence-electron chi connectivity index (χ2n) is 4.41. The van der Waals surface area contributed by atoms with Gasteiger partial charge in [0.1, 0.15) is 0 Å². The van der Waals surface area contributed by atoms with E-state index in [1.165, 1.54) is 0 Å². The van der Waals surface area contributed by atoms with Crippen LogP contribution in [0.3, 0.4) is 0 Å². The molecule has 0 saturated carbocycles. The molecule has 2 fully saturated rings. The summed E-state index contributed by atoms with van der Waals surface area (Å²) < 4.78 is 22.6. The molecule has 0 radical (unpaired) electrons. The van der Waals surface area contributed by atoms with E-state index >= 15 is 0 Å². The number of nitrogens with one attached hydrogen (secondary N) is 1. The van der Waals surface area contributed by atoms with Crippen LogP contribution in [0.25, 0.3) is 0 Å². The maximum atomic E-state index is 11.3. The quantitative estimate of drug-likeness (QED) is 0.642. The van der Waals surface area contributed by atoms with E-state index in [-0.39, 0.29) is 6.04 Å². The van der Waals surface area contributed by atoms with Crippen LogP contribution < -0.4 is 5.32 Å². The lowest BCUT2D eigenvalue weighted by atomic mass is 10.1. The molecule has 0 bridgehead atoms. The predicted octanol–water partition coefficient (Wildman–Crippen LogP) is -0.533. The highest BCUT2D eigenvalue weighted by molar-refractivity contribution is 7.91. The molecule has 2 rings (SSSR count). The summed E-state index contributed by atoms with van der Waals surface area (Å²) in [7, 11) is -2.72. The predicted molar refractivity (Wildman–Crippen MR) is 56.1 cm³/mol. The molecule has 2 aliphatic heterocycles. The molecule has 2 atom stereocenters. The van der Waals surface area contributed by atoms with Crippen molar-refractivity contribution < 1.29 is 8.42 Å². The van der Waals surface area contributed by atoms with Crippen LogP contribution >= 0.6 is 0 Å². The van der Waals surface area contributed by atoms with Crippen molar-refractivity contribution in [3.8, 4) is 0 Å². The molecule has 82 valence electrons. The van der Waals surface area contributed by atoms with Crippen molar-refractivity contribution in [3.63, 3.8) is 0 Å². The highest BCUT2D eigenvalue weighted by Crippen LogP contribution is 2.18. The zero-order valence-electron chi connectivity index (χ0n) is 8.57. The molecule has 2 saturated heterocycles. The second kappa shape index (κ2) is 3.79. The zero-order valence-corrected chi connectivity index (χ0v) is 9.39. The number of hydrogen-bond acceptors (Lipinski definition) is 4. The number of rotatable bonds is 1. The Balaban J connectivity index is 1.96. The van der Waals surface area contributed by atoms with Crippen LogP contribution in [0, 0.1) is 0 Å². The lowest BCUT2D eigenvalue weighted by Crippen LogP contribution is -2.53. The molecule has 0 spiro atoms. The minimum absolute atomic E-state index is 0.282. The minimum atomic E-state index is -2.72. The van der Waals surface area contributed by atoms with E-state index in [1.54, 1.807) is 0 Å². The molecule has 0 aliphatic carbocycles. The monoisotopic (exact) mass is 218 g/mol. The molecular formula is C9H18N2O2S. The first kappa shape index (κ1) is 10.4. The van der Waals surface area contributed by atoms with Crippen molar-refractivity contribution in [2.45, 2.75) is 25.4 Å². The molecule has 0 aromatic carbocycles. The fourth-order valence-electron chi connectivity index (χ4n) is 2.36. The third-order valence-electron chi connectivity index (χ3n) is 3.12. The first-order valence-corrected chi connectivity index (χ1v) is 7.07. The highest BCUT2D eigenvalue weighted by Gasteiger charge is 2.33. The van der Waals surface area contributed by atoms with E-state index in [2.05, 4.69) is 17.1 Å². The average molecular weight is 218 g/mol. The summed E-state index contributed by atoms with van der Waals surface area (Å²) in [5.41, 5.74) is 0. The number of piperazine rings is 1. The van der Waals surface area contributed by atoms with Gasteiger partial charge in [0.25, 0.3) is 0 Å². The third-order valence-corrected chi connectivity index (χ3v) is 4.88. The molecule has 14 heavy (non-hydrogen) atoms. The van der Waals surface area contributed by atoms with Crippen molar-refractivity contribution in [1.82, 2.24) is 10.2 Å². The van der Waals surface area contributed by atoms with E-state index in [1.807, 2.05) is 0 Å². The number of hydrogen-bond donors (Lipinski definition) is 1. The summed E-state index contributed by atoms with van der Waals surface area (Å²) in [6.45, 7) is 5.11. The van der Waals surface area contributed by atoms with E-state index < -0.39 is 9.84 Å². The van der Waals surface area contributed by atoms with Gasteiger partial charge in [0.2, 0.25) is 0 Å². The summed E-state index contributed by atoms with van der Waals surface area (Å²) in [6.07, 6.45) is 0.828. The Kier molecular flexibility index (Phi) is 2.81. The van der Waals surface area contributed by atoms with Gasteiger partial charge in [-0.2, -0.15) is 0 Å². The zero-order chi connectivity index (χ0) is 10.2. The third kappa shape index (κ3) is 2.27. The van der Waals surface area contributed by atoms with Crippen LogP contribution in [0.4, 0.5) is 0 Å². The van der Waals surface area contributed by atoms with Crippen molar-refractivity contribution in [3.05, 3.63) is 0 Å². The molecule has 0 amide bonds. The number of nitrogens with zero attached hydrogens (tertiary/aromatic N) is 1. The summed E-state index contributed by atoms with van der Waals surface area (Å²) >= 11 is 0. The van der Waals surface area contributed by atoms with Gasteiger partial charge >= 0.3 is 0 Å². The average Bonchev–Trinajstić information content (AvgIpc) is 2.46. The smallest absolute Gasteiger partial charge is 0.151 e. The molecule has 0 aromatic heterocycles. The van der Waals surface area contributed by atoms with Gasteiger partial charge in [0.05, 0.1) is 11.5 Å². The topological polar surface area (TPSA) is 49.4 Å². The second-order valence-corrected chi connectivity index (χ2v) is 6.64. The minimum Gasteiger partial charge on any atom is -0.312 e. The standard InChI is InChI=1S/C9H18N2O2S/c1-8-6-11(4-3-10-8)9-2-5-14(12,13)7-9/h8-10H,2-7H2,1H3/t8-,9?/m1/s1. The Morgan fingerprint density at radius 1 is 1.43 bits per heavy atom. The van der Waals surface area contributed by atoms with E-state index in [9.17, 15) is 8.42 Å². The van der Waals surface area contributed by atoms with Gasteiger partial charge in [0, 0.05) is 31.7 Å². The lowest BCUT2D eigenvalue weighted by molar-refractivity contribution is 0.161. The van der Waals surface area contributed by atoms with Gasteiger partial charge in [-0.1, -0.05) is 0 Å². The Morgan fingerprint density at radius 3 is 2.79 bits per heavy atom. The molecule has 5 heteroatoms. The summed E-state index contributed by atoms with van der Waals surface area (Å²) in [4.78, 5) is 2.33. The van der Waals surface area contributed by atoms with Crippen molar-refractivity contribution in [1.29, 1.82) is 0 Å². The van der Waals surface area contributed by atoms with Gasteiger partial charge in [-0.15, -0.1) is 0 Å². The van der Waals surface area contributed by atoms with Crippen LogP contribution in [0.1, 0.15) is 13.3 Å². The highest BCUT2D eigenvalue weighted by atomic mass is 32.2. The fourth-order valence-corrected chi connectivity index (χ4v) is 4.12. The molecule has 0 aromatic rings. The Hall–Kier alpha value is -0.130. The van der Waals surface area contributed by atoms with Gasteiger partial charge in [-0.05, 0) is 13.3 Å². The normalized spacial score (nSPS) is 38.6. The Morgan fingerprint density at radius 2 is 2.21 bits per heavy atom. The first-order valence-electron chi connectivity index (χ1n) is 5.25.